The Morgan fingerprint density at radius 1 is 0.933 bits per heavy atom. The lowest BCUT2D eigenvalue weighted by Gasteiger charge is -1.98. The van der Waals surface area contributed by atoms with Crippen LogP contribution in [0, 0.1) is 11.3 Å². The molecule has 0 saturated carbocycles. The van der Waals surface area contributed by atoms with Crippen LogP contribution >= 0.6 is 11.3 Å². The molecule has 1 aromatic heterocycles. The van der Waals surface area contributed by atoms with E-state index in [0.717, 1.165) is 10.9 Å². The van der Waals surface area contributed by atoms with Crippen LogP contribution in [-0.2, 0) is 0 Å². The molecule has 0 fully saturated rings. The normalized spacial score (nSPS) is 10.6. The molecule has 0 bridgehead atoms. The smallest absolute Gasteiger partial charge is 0.0991 e. The summed E-state index contributed by atoms with van der Waals surface area (Å²) in [7, 11) is 0. The van der Waals surface area contributed by atoms with E-state index in [0.29, 0.717) is 0 Å². The van der Waals surface area contributed by atoms with Gasteiger partial charge in [-0.05, 0) is 51.9 Å². The van der Waals surface area contributed by atoms with Gasteiger partial charge in [-0.1, -0.05) is 6.07 Å². The maximum absolute atomic E-state index is 8.82. The Morgan fingerprint density at radius 2 is 1.87 bits per heavy atom. The topological polar surface area (TPSA) is 23.8 Å². The Labute approximate surface area is 91.2 Å². The van der Waals surface area contributed by atoms with Crippen molar-refractivity contribution in [2.24, 2.45) is 0 Å². The molecule has 0 saturated heterocycles. The van der Waals surface area contributed by atoms with E-state index in [1.807, 2.05) is 18.2 Å². The third-order valence-electron chi connectivity index (χ3n) is 2.54. The minimum atomic E-state index is 0.720. The van der Waals surface area contributed by atoms with Gasteiger partial charge in [-0.3, -0.25) is 0 Å². The number of hydrogen-bond acceptors (Lipinski definition) is 2. The third kappa shape index (κ3) is 1.29. The molecular weight excluding hydrogens is 202 g/mol. The van der Waals surface area contributed by atoms with E-state index in [2.05, 4.69) is 29.6 Å². The summed E-state index contributed by atoms with van der Waals surface area (Å²) in [5.74, 6) is 0. The van der Waals surface area contributed by atoms with Gasteiger partial charge in [0, 0.05) is 4.70 Å². The van der Waals surface area contributed by atoms with Crippen LogP contribution < -0.4 is 0 Å². The number of fused-ring (bicyclic) bond motifs is 2. The zero-order valence-corrected chi connectivity index (χ0v) is 8.71. The van der Waals surface area contributed by atoms with Crippen molar-refractivity contribution in [1.82, 2.24) is 0 Å². The van der Waals surface area contributed by atoms with Crippen molar-refractivity contribution in [2.75, 3.05) is 0 Å². The second-order valence-corrected chi connectivity index (χ2v) is 4.43. The van der Waals surface area contributed by atoms with E-state index in [1.54, 1.807) is 11.3 Å². The molecule has 0 unspecified atom stereocenters. The summed E-state index contributed by atoms with van der Waals surface area (Å²) < 4.78 is 1.30. The first kappa shape index (κ1) is 8.46. The number of hydrogen-bond donors (Lipinski definition) is 0. The van der Waals surface area contributed by atoms with Crippen LogP contribution in [0.3, 0.4) is 0 Å². The lowest BCUT2D eigenvalue weighted by molar-refractivity contribution is 1.50. The number of nitriles is 1. The standard InChI is InChI=1S/C13H7NS/c14-8-9-1-2-10-7-13-11(3-4-15-13)6-12(10)5-9/h1-7H. The van der Waals surface area contributed by atoms with Crippen molar-refractivity contribution in [3.63, 3.8) is 0 Å². The molecule has 0 amide bonds. The summed E-state index contributed by atoms with van der Waals surface area (Å²) in [5, 5.41) is 14.5. The zero-order chi connectivity index (χ0) is 10.3. The molecule has 70 valence electrons. The molecule has 2 heteroatoms. The average molecular weight is 209 g/mol. The van der Waals surface area contributed by atoms with E-state index in [9.17, 15) is 0 Å². The van der Waals surface area contributed by atoms with Gasteiger partial charge in [-0.25, -0.2) is 0 Å². The Bertz CT molecular complexity index is 688. The molecule has 1 nitrogen and oxygen atoms in total. The summed E-state index contributed by atoms with van der Waals surface area (Å²) in [4.78, 5) is 0. The summed E-state index contributed by atoms with van der Waals surface area (Å²) in [6.45, 7) is 0. The van der Waals surface area contributed by atoms with E-state index in [-0.39, 0.29) is 0 Å². The summed E-state index contributed by atoms with van der Waals surface area (Å²) in [6, 6.07) is 14.4. The average Bonchev–Trinajstić information content (AvgIpc) is 2.72. The van der Waals surface area contributed by atoms with Crippen molar-refractivity contribution in [2.45, 2.75) is 0 Å². The van der Waals surface area contributed by atoms with Gasteiger partial charge in [0.2, 0.25) is 0 Å². The van der Waals surface area contributed by atoms with Crippen LogP contribution in [0.15, 0.2) is 41.8 Å². The fourth-order valence-corrected chi connectivity index (χ4v) is 2.60. The lowest BCUT2D eigenvalue weighted by atomic mass is 10.1. The molecule has 3 aromatic rings. The van der Waals surface area contributed by atoms with Crippen molar-refractivity contribution >= 4 is 32.2 Å². The maximum Gasteiger partial charge on any atom is 0.0991 e. The van der Waals surface area contributed by atoms with E-state index >= 15 is 0 Å². The second-order valence-electron chi connectivity index (χ2n) is 3.48. The number of nitrogens with zero attached hydrogens (tertiary/aromatic N) is 1. The van der Waals surface area contributed by atoms with Crippen LogP contribution in [0.4, 0.5) is 0 Å². The molecular formula is C13H7NS. The van der Waals surface area contributed by atoms with Crippen molar-refractivity contribution in [3.05, 3.63) is 47.3 Å². The van der Waals surface area contributed by atoms with Crippen LogP contribution in [0.1, 0.15) is 5.56 Å². The number of benzene rings is 2. The number of thiophene rings is 1. The molecule has 1 heterocycles. The van der Waals surface area contributed by atoms with E-state index < -0.39 is 0 Å². The molecule has 15 heavy (non-hydrogen) atoms. The molecule has 0 aliphatic rings. The molecule has 3 rings (SSSR count). The molecule has 0 aliphatic carbocycles. The van der Waals surface area contributed by atoms with Gasteiger partial charge in [0.25, 0.3) is 0 Å². The minimum absolute atomic E-state index is 0.720. The van der Waals surface area contributed by atoms with Gasteiger partial charge in [0.1, 0.15) is 0 Å². The Kier molecular flexibility index (Phi) is 1.74. The SMILES string of the molecule is N#Cc1ccc2cc3sccc3cc2c1. The minimum Gasteiger partial charge on any atom is -0.192 e. The van der Waals surface area contributed by atoms with Gasteiger partial charge >= 0.3 is 0 Å². The van der Waals surface area contributed by atoms with Crippen LogP contribution in [0.5, 0.6) is 0 Å². The maximum atomic E-state index is 8.82. The van der Waals surface area contributed by atoms with Gasteiger partial charge in [-0.2, -0.15) is 5.26 Å². The Morgan fingerprint density at radius 3 is 2.73 bits per heavy atom. The largest absolute Gasteiger partial charge is 0.192 e. The molecule has 0 N–H and O–H groups in total. The van der Waals surface area contributed by atoms with Gasteiger partial charge < -0.3 is 0 Å². The fraction of sp³-hybridized carbons (Fsp3) is 0. The molecule has 0 radical (unpaired) electrons. The predicted molar refractivity (Wildman–Crippen MR) is 64.0 cm³/mol. The predicted octanol–water partition coefficient (Wildman–Crippen LogP) is 3.93. The molecule has 0 spiro atoms. The Balaban J connectivity index is 2.45. The highest BCUT2D eigenvalue weighted by atomic mass is 32.1. The first-order chi connectivity index (χ1) is 7.36. The summed E-state index contributed by atoms with van der Waals surface area (Å²) in [5.41, 5.74) is 0.720. The molecule has 2 aromatic carbocycles. The quantitative estimate of drug-likeness (QED) is 0.550. The van der Waals surface area contributed by atoms with Crippen molar-refractivity contribution in [3.8, 4) is 6.07 Å². The lowest BCUT2D eigenvalue weighted by Crippen LogP contribution is -1.76. The first-order valence-corrected chi connectivity index (χ1v) is 5.56. The summed E-state index contributed by atoms with van der Waals surface area (Å²) >= 11 is 1.75. The van der Waals surface area contributed by atoms with Gasteiger partial charge in [0.15, 0.2) is 0 Å². The fourth-order valence-electron chi connectivity index (χ4n) is 1.78. The number of rotatable bonds is 0. The third-order valence-corrected chi connectivity index (χ3v) is 3.42. The highest BCUT2D eigenvalue weighted by molar-refractivity contribution is 7.17. The van der Waals surface area contributed by atoms with E-state index in [1.165, 1.54) is 15.5 Å². The van der Waals surface area contributed by atoms with Crippen molar-refractivity contribution < 1.29 is 0 Å². The highest BCUT2D eigenvalue weighted by Crippen LogP contribution is 2.27. The monoisotopic (exact) mass is 209 g/mol. The zero-order valence-electron chi connectivity index (χ0n) is 7.90. The van der Waals surface area contributed by atoms with Crippen LogP contribution in [-0.4, -0.2) is 0 Å². The molecule has 0 aliphatic heterocycles. The first-order valence-electron chi connectivity index (χ1n) is 4.68. The highest BCUT2D eigenvalue weighted by Gasteiger charge is 1.99. The van der Waals surface area contributed by atoms with E-state index in [4.69, 9.17) is 5.26 Å². The van der Waals surface area contributed by atoms with Crippen LogP contribution in [0.25, 0.3) is 20.9 Å². The molecule has 0 atom stereocenters. The van der Waals surface area contributed by atoms with Gasteiger partial charge in [0.05, 0.1) is 11.6 Å². The van der Waals surface area contributed by atoms with Crippen molar-refractivity contribution in [1.29, 1.82) is 5.26 Å². The Hall–Kier alpha value is -1.85. The second kappa shape index (κ2) is 3.08. The summed E-state index contributed by atoms with van der Waals surface area (Å²) in [6.07, 6.45) is 0. The van der Waals surface area contributed by atoms with Gasteiger partial charge in [-0.15, -0.1) is 11.3 Å². The van der Waals surface area contributed by atoms with Crippen LogP contribution in [0.2, 0.25) is 0 Å².